The van der Waals surface area contributed by atoms with Gasteiger partial charge in [0.05, 0.1) is 4.92 Å². The molecule has 0 aliphatic carbocycles. The van der Waals surface area contributed by atoms with E-state index >= 15 is 0 Å². The van der Waals surface area contributed by atoms with Gasteiger partial charge in [-0.05, 0) is 32.3 Å². The van der Waals surface area contributed by atoms with Crippen molar-refractivity contribution in [2.24, 2.45) is 0 Å². The smallest absolute Gasteiger partial charge is 0.336 e. The third kappa shape index (κ3) is 2.79. The van der Waals surface area contributed by atoms with Crippen LogP contribution >= 0.6 is 0 Å². The number of fused-ring (bicyclic) bond motifs is 1. The van der Waals surface area contributed by atoms with Crippen molar-refractivity contribution in [3.05, 3.63) is 55.9 Å². The molecule has 1 heterocycles. The molecule has 0 aliphatic heterocycles. The van der Waals surface area contributed by atoms with Crippen molar-refractivity contribution in [2.45, 2.75) is 26.7 Å². The number of aryl methyl sites for hydroxylation is 2. The fourth-order valence-electron chi connectivity index (χ4n) is 2.20. The van der Waals surface area contributed by atoms with Crippen LogP contribution in [0.4, 0.5) is 5.69 Å². The van der Waals surface area contributed by atoms with Crippen molar-refractivity contribution >= 4 is 16.7 Å². The molecule has 21 heavy (non-hydrogen) atoms. The second-order valence-corrected chi connectivity index (χ2v) is 5.06. The van der Waals surface area contributed by atoms with Gasteiger partial charge in [-0.1, -0.05) is 5.57 Å². The van der Waals surface area contributed by atoms with Crippen LogP contribution in [0, 0.1) is 17.0 Å². The van der Waals surface area contributed by atoms with Crippen LogP contribution in [-0.2, 0) is 6.42 Å². The molecule has 0 unspecified atom stereocenters. The zero-order valence-corrected chi connectivity index (χ0v) is 11.8. The predicted molar refractivity (Wildman–Crippen MR) is 78.7 cm³/mol. The molecule has 2 rings (SSSR count). The van der Waals surface area contributed by atoms with Crippen LogP contribution in [0.3, 0.4) is 0 Å². The first kappa shape index (κ1) is 14.8. The Hall–Kier alpha value is -2.63. The van der Waals surface area contributed by atoms with Gasteiger partial charge in [-0.15, -0.1) is 6.58 Å². The molecule has 0 bridgehead atoms. The monoisotopic (exact) mass is 289 g/mol. The average Bonchev–Trinajstić information content (AvgIpc) is 2.36. The number of benzene rings is 1. The Kier molecular flexibility index (Phi) is 3.80. The number of aromatic hydroxyl groups is 1. The van der Waals surface area contributed by atoms with Crippen LogP contribution in [0.25, 0.3) is 11.0 Å². The molecule has 110 valence electrons. The van der Waals surface area contributed by atoms with Crippen molar-refractivity contribution < 1.29 is 14.4 Å². The number of allylic oxidation sites excluding steroid dienone is 1. The van der Waals surface area contributed by atoms with Gasteiger partial charge in [-0.3, -0.25) is 10.1 Å². The molecule has 0 atom stereocenters. The lowest BCUT2D eigenvalue weighted by atomic mass is 9.99. The Balaban J connectivity index is 2.82. The molecule has 6 heteroatoms. The number of phenolic OH excluding ortho intramolecular Hbond substituents is 1. The summed E-state index contributed by atoms with van der Waals surface area (Å²) in [6.07, 6.45) is 0.840. The van der Waals surface area contributed by atoms with Crippen molar-refractivity contribution in [2.75, 3.05) is 0 Å². The summed E-state index contributed by atoms with van der Waals surface area (Å²) in [6.45, 7) is 7.25. The van der Waals surface area contributed by atoms with E-state index in [1.54, 1.807) is 6.92 Å². The highest BCUT2D eigenvalue weighted by atomic mass is 16.6. The minimum atomic E-state index is -0.649. The summed E-state index contributed by atoms with van der Waals surface area (Å²) < 4.78 is 5.15. The molecule has 0 saturated carbocycles. The van der Waals surface area contributed by atoms with Gasteiger partial charge in [-0.2, -0.15) is 0 Å². The lowest BCUT2D eigenvalue weighted by molar-refractivity contribution is -0.385. The van der Waals surface area contributed by atoms with Crippen LogP contribution in [0.15, 0.2) is 33.5 Å². The van der Waals surface area contributed by atoms with E-state index in [9.17, 15) is 20.0 Å². The quantitative estimate of drug-likeness (QED) is 0.403. The number of nitro benzene ring substituents is 1. The van der Waals surface area contributed by atoms with Crippen LogP contribution in [0.2, 0.25) is 0 Å². The van der Waals surface area contributed by atoms with Crippen molar-refractivity contribution in [3.8, 4) is 5.75 Å². The van der Waals surface area contributed by atoms with E-state index < -0.39 is 22.0 Å². The van der Waals surface area contributed by atoms with E-state index in [4.69, 9.17) is 4.42 Å². The van der Waals surface area contributed by atoms with Gasteiger partial charge >= 0.3 is 11.3 Å². The number of phenols is 1. The molecular formula is C15H15NO5. The number of nitro groups is 1. The van der Waals surface area contributed by atoms with E-state index in [2.05, 4.69) is 6.58 Å². The number of rotatable bonds is 4. The normalized spacial score (nSPS) is 10.8. The van der Waals surface area contributed by atoms with Gasteiger partial charge in [0.1, 0.15) is 5.58 Å². The first-order valence-corrected chi connectivity index (χ1v) is 6.39. The molecule has 1 aromatic carbocycles. The summed E-state index contributed by atoms with van der Waals surface area (Å²) in [6, 6.07) is 2.50. The summed E-state index contributed by atoms with van der Waals surface area (Å²) >= 11 is 0. The van der Waals surface area contributed by atoms with E-state index in [1.807, 2.05) is 6.92 Å². The van der Waals surface area contributed by atoms with E-state index in [1.165, 1.54) is 12.1 Å². The van der Waals surface area contributed by atoms with Gasteiger partial charge in [-0.25, -0.2) is 4.79 Å². The van der Waals surface area contributed by atoms with Crippen LogP contribution in [-0.4, -0.2) is 10.0 Å². The maximum absolute atomic E-state index is 11.5. The highest BCUT2D eigenvalue weighted by molar-refractivity contribution is 5.88. The maximum Gasteiger partial charge on any atom is 0.336 e. The van der Waals surface area contributed by atoms with Gasteiger partial charge in [0.25, 0.3) is 0 Å². The Morgan fingerprint density at radius 1 is 1.48 bits per heavy atom. The Morgan fingerprint density at radius 3 is 2.71 bits per heavy atom. The van der Waals surface area contributed by atoms with Gasteiger partial charge in [0, 0.05) is 23.1 Å². The van der Waals surface area contributed by atoms with Gasteiger partial charge in [0.15, 0.2) is 0 Å². The van der Waals surface area contributed by atoms with Crippen molar-refractivity contribution in [3.63, 3.8) is 0 Å². The minimum absolute atomic E-state index is 0.198. The van der Waals surface area contributed by atoms with Crippen LogP contribution in [0.1, 0.15) is 24.5 Å². The lowest BCUT2D eigenvalue weighted by Crippen LogP contribution is -2.02. The molecule has 0 amide bonds. The zero-order chi connectivity index (χ0) is 15.7. The molecule has 2 aromatic rings. The first-order valence-electron chi connectivity index (χ1n) is 6.39. The zero-order valence-electron chi connectivity index (χ0n) is 11.8. The van der Waals surface area contributed by atoms with Crippen LogP contribution in [0.5, 0.6) is 5.75 Å². The molecule has 1 N–H and O–H groups in total. The van der Waals surface area contributed by atoms with E-state index in [-0.39, 0.29) is 11.1 Å². The topological polar surface area (TPSA) is 93.6 Å². The number of nitrogens with zero attached hydrogens (tertiary/aromatic N) is 1. The van der Waals surface area contributed by atoms with Crippen molar-refractivity contribution in [1.82, 2.24) is 0 Å². The standard InChI is InChI=1S/C15H15NO5/c1-8(2)4-5-10-14(18)12(16(19)20)7-11-9(3)6-13(17)21-15(10)11/h6-7,18H,1,4-5H2,2-3H3. The fraction of sp³-hybridized carbons (Fsp3) is 0.267. The Labute approximate surface area is 120 Å². The number of hydrogen-bond donors (Lipinski definition) is 1. The molecule has 6 nitrogen and oxygen atoms in total. The van der Waals surface area contributed by atoms with Gasteiger partial charge < -0.3 is 9.52 Å². The second kappa shape index (κ2) is 5.40. The Morgan fingerprint density at radius 2 is 2.14 bits per heavy atom. The molecule has 0 fully saturated rings. The predicted octanol–water partition coefficient (Wildman–Crippen LogP) is 3.22. The summed E-state index contributed by atoms with van der Waals surface area (Å²) in [5, 5.41) is 21.6. The number of hydrogen-bond acceptors (Lipinski definition) is 5. The molecule has 0 spiro atoms. The molecular weight excluding hydrogens is 274 g/mol. The van der Waals surface area contributed by atoms with E-state index in [0.29, 0.717) is 23.8 Å². The molecule has 1 aromatic heterocycles. The maximum atomic E-state index is 11.5. The largest absolute Gasteiger partial charge is 0.502 e. The summed E-state index contributed by atoms with van der Waals surface area (Å²) in [5.41, 5.74) is 0.957. The summed E-state index contributed by atoms with van der Waals surface area (Å²) in [7, 11) is 0. The second-order valence-electron chi connectivity index (χ2n) is 5.06. The fourth-order valence-corrected chi connectivity index (χ4v) is 2.20. The van der Waals surface area contributed by atoms with Crippen LogP contribution < -0.4 is 5.63 Å². The van der Waals surface area contributed by atoms with Crippen molar-refractivity contribution in [1.29, 1.82) is 0 Å². The average molecular weight is 289 g/mol. The van der Waals surface area contributed by atoms with Gasteiger partial charge in [0.2, 0.25) is 5.75 Å². The molecule has 0 aliphatic rings. The Bertz CT molecular complexity index is 804. The minimum Gasteiger partial charge on any atom is -0.502 e. The first-order chi connectivity index (χ1) is 9.81. The van der Waals surface area contributed by atoms with E-state index in [0.717, 1.165) is 5.57 Å². The molecule has 0 saturated heterocycles. The lowest BCUT2D eigenvalue weighted by Gasteiger charge is -2.09. The summed E-state index contributed by atoms with van der Waals surface area (Å²) in [5.74, 6) is -0.456. The molecule has 0 radical (unpaired) electrons. The summed E-state index contributed by atoms with van der Waals surface area (Å²) in [4.78, 5) is 21.9. The SMILES string of the molecule is C=C(C)CCc1c(O)c([N+](=O)[O-])cc2c(C)cc(=O)oc12. The third-order valence-electron chi connectivity index (χ3n) is 3.29. The third-order valence-corrected chi connectivity index (χ3v) is 3.29. The highest BCUT2D eigenvalue weighted by Gasteiger charge is 2.23. The highest BCUT2D eigenvalue weighted by Crippen LogP contribution is 2.37.